The summed E-state index contributed by atoms with van der Waals surface area (Å²) >= 11 is 0. The highest BCUT2D eigenvalue weighted by Crippen LogP contribution is 2.50. The molecule has 6 nitrogen and oxygen atoms in total. The van der Waals surface area contributed by atoms with Crippen molar-refractivity contribution in [3.8, 4) is 0 Å². The fourth-order valence-corrected chi connectivity index (χ4v) is 5.01. The van der Waals surface area contributed by atoms with Gasteiger partial charge in [-0.2, -0.15) is 0 Å². The average molecular weight is 416 g/mol. The van der Waals surface area contributed by atoms with E-state index < -0.39 is 5.54 Å². The Hall–Kier alpha value is -0.850. The smallest absolute Gasteiger partial charge is 0.243 e. The monoisotopic (exact) mass is 415 g/mol. The molecule has 0 aromatic carbocycles. The minimum atomic E-state index is -0.860. The van der Waals surface area contributed by atoms with E-state index >= 15 is 0 Å². The fraction of sp³-hybridized carbons (Fsp3) is 0.905. The van der Waals surface area contributed by atoms with Crippen molar-refractivity contribution >= 4 is 24.2 Å². The summed E-state index contributed by atoms with van der Waals surface area (Å²) in [5, 5.41) is 0. The van der Waals surface area contributed by atoms with Crippen molar-refractivity contribution in [2.75, 3.05) is 32.8 Å². The molecule has 1 saturated heterocycles. The van der Waals surface area contributed by atoms with Crippen LogP contribution in [0.2, 0.25) is 0 Å². The third-order valence-electron chi connectivity index (χ3n) is 7.32. The lowest BCUT2D eigenvalue weighted by Crippen LogP contribution is -2.76. The molecule has 1 heterocycles. The largest absolute Gasteiger partial charge is 0.378 e. The molecule has 1 aliphatic heterocycles. The number of amides is 2. The highest BCUT2D eigenvalue weighted by Gasteiger charge is 2.63. The SMILES string of the molecule is CCOC1CC(N)(C(=O)N2CCN(C(=O)CC3CCCCC3)CC2)C1(C)C.Cl. The molecule has 0 spiro atoms. The van der Waals surface area contributed by atoms with Crippen LogP contribution < -0.4 is 5.73 Å². The van der Waals surface area contributed by atoms with Crippen molar-refractivity contribution in [2.24, 2.45) is 17.1 Å². The van der Waals surface area contributed by atoms with Crippen LogP contribution in [0.25, 0.3) is 0 Å². The minimum absolute atomic E-state index is 0. The molecule has 7 heteroatoms. The molecule has 0 aromatic rings. The number of ether oxygens (including phenoxy) is 1. The number of rotatable bonds is 5. The Morgan fingerprint density at radius 1 is 1.04 bits per heavy atom. The molecule has 2 saturated carbocycles. The molecular weight excluding hydrogens is 378 g/mol. The Morgan fingerprint density at radius 3 is 2.14 bits per heavy atom. The lowest BCUT2D eigenvalue weighted by atomic mass is 9.54. The van der Waals surface area contributed by atoms with E-state index in [9.17, 15) is 9.59 Å². The summed E-state index contributed by atoms with van der Waals surface area (Å²) in [6.07, 6.45) is 7.51. The zero-order valence-electron chi connectivity index (χ0n) is 17.7. The van der Waals surface area contributed by atoms with Crippen LogP contribution in [0.1, 0.15) is 65.7 Å². The number of piperazine rings is 1. The quantitative estimate of drug-likeness (QED) is 0.748. The fourth-order valence-electron chi connectivity index (χ4n) is 5.01. The zero-order chi connectivity index (χ0) is 19.7. The van der Waals surface area contributed by atoms with Gasteiger partial charge < -0.3 is 20.3 Å². The number of hydrogen-bond donors (Lipinski definition) is 1. The molecule has 0 bridgehead atoms. The second-order valence-corrected chi connectivity index (χ2v) is 9.22. The van der Waals surface area contributed by atoms with Gasteiger partial charge in [-0.1, -0.05) is 33.1 Å². The van der Waals surface area contributed by atoms with Crippen LogP contribution in [-0.4, -0.2) is 66.0 Å². The summed E-state index contributed by atoms with van der Waals surface area (Å²) in [6.45, 7) is 9.09. The summed E-state index contributed by atoms with van der Waals surface area (Å²) in [4.78, 5) is 29.5. The van der Waals surface area contributed by atoms with Crippen LogP contribution in [0.5, 0.6) is 0 Å². The molecule has 3 rings (SSSR count). The second kappa shape index (κ2) is 9.31. The van der Waals surface area contributed by atoms with Gasteiger partial charge in [-0.05, 0) is 25.7 Å². The Kier molecular flexibility index (Phi) is 7.79. The third-order valence-corrected chi connectivity index (χ3v) is 7.32. The molecule has 2 unspecified atom stereocenters. The van der Waals surface area contributed by atoms with E-state index in [1.165, 1.54) is 32.1 Å². The molecule has 2 atom stereocenters. The molecular formula is C21H38ClN3O3. The molecule has 28 heavy (non-hydrogen) atoms. The van der Waals surface area contributed by atoms with Gasteiger partial charge in [0.15, 0.2) is 0 Å². The first-order valence-electron chi connectivity index (χ1n) is 10.8. The number of nitrogens with zero attached hydrogens (tertiary/aromatic N) is 2. The molecule has 2 amide bonds. The molecule has 2 N–H and O–H groups in total. The Bertz CT molecular complexity index is 557. The van der Waals surface area contributed by atoms with E-state index in [1.54, 1.807) is 0 Å². The third kappa shape index (κ3) is 4.34. The Labute approximate surface area is 175 Å². The molecule has 0 aromatic heterocycles. The van der Waals surface area contributed by atoms with Gasteiger partial charge in [0.05, 0.1) is 6.10 Å². The standard InChI is InChI=1S/C21H37N3O3.ClH/c1-4-27-17-15-21(22,20(17,2)3)19(26)24-12-10-23(11-13-24)18(25)14-16-8-6-5-7-9-16;/h16-17H,4-15,22H2,1-3H3;1H. The summed E-state index contributed by atoms with van der Waals surface area (Å²) in [7, 11) is 0. The highest BCUT2D eigenvalue weighted by atomic mass is 35.5. The summed E-state index contributed by atoms with van der Waals surface area (Å²) < 4.78 is 5.74. The maximum absolute atomic E-state index is 13.1. The normalized spacial score (nSPS) is 30.4. The predicted molar refractivity (Wildman–Crippen MR) is 112 cm³/mol. The van der Waals surface area contributed by atoms with Gasteiger partial charge in [0.1, 0.15) is 5.54 Å². The lowest BCUT2D eigenvalue weighted by molar-refractivity contribution is -0.180. The van der Waals surface area contributed by atoms with Crippen LogP contribution in [0.3, 0.4) is 0 Å². The van der Waals surface area contributed by atoms with Gasteiger partial charge in [-0.15, -0.1) is 12.4 Å². The summed E-state index contributed by atoms with van der Waals surface area (Å²) in [6, 6.07) is 0. The summed E-state index contributed by atoms with van der Waals surface area (Å²) in [5.41, 5.74) is 5.31. The molecule has 3 fully saturated rings. The average Bonchev–Trinajstić information content (AvgIpc) is 2.68. The van der Waals surface area contributed by atoms with Crippen LogP contribution in [0, 0.1) is 11.3 Å². The molecule has 162 valence electrons. The van der Waals surface area contributed by atoms with Crippen molar-refractivity contribution in [2.45, 2.75) is 77.4 Å². The van der Waals surface area contributed by atoms with Gasteiger partial charge in [-0.25, -0.2) is 0 Å². The van der Waals surface area contributed by atoms with E-state index in [0.717, 1.165) is 0 Å². The second-order valence-electron chi connectivity index (χ2n) is 9.22. The van der Waals surface area contributed by atoms with Crippen LogP contribution in [0.4, 0.5) is 0 Å². The number of carbonyl (C=O) groups is 2. The minimum Gasteiger partial charge on any atom is -0.378 e. The predicted octanol–water partition coefficient (Wildman–Crippen LogP) is 2.58. The van der Waals surface area contributed by atoms with Crippen LogP contribution in [-0.2, 0) is 14.3 Å². The Balaban J connectivity index is 0.00000280. The van der Waals surface area contributed by atoms with Gasteiger partial charge >= 0.3 is 0 Å². The maximum atomic E-state index is 13.1. The maximum Gasteiger partial charge on any atom is 0.243 e. The molecule has 0 radical (unpaired) electrons. The van der Waals surface area contributed by atoms with E-state index in [2.05, 4.69) is 0 Å². The van der Waals surface area contributed by atoms with Crippen molar-refractivity contribution in [3.63, 3.8) is 0 Å². The molecule has 2 aliphatic carbocycles. The van der Waals surface area contributed by atoms with Gasteiger partial charge in [0, 0.05) is 51.0 Å². The van der Waals surface area contributed by atoms with Crippen molar-refractivity contribution in [1.29, 1.82) is 0 Å². The first-order chi connectivity index (χ1) is 12.8. The van der Waals surface area contributed by atoms with E-state index in [4.69, 9.17) is 10.5 Å². The zero-order valence-corrected chi connectivity index (χ0v) is 18.6. The van der Waals surface area contributed by atoms with Crippen molar-refractivity contribution in [3.05, 3.63) is 0 Å². The van der Waals surface area contributed by atoms with Gasteiger partial charge in [0.25, 0.3) is 0 Å². The van der Waals surface area contributed by atoms with Gasteiger partial charge in [0.2, 0.25) is 11.8 Å². The first kappa shape index (κ1) is 23.4. The van der Waals surface area contributed by atoms with Crippen molar-refractivity contribution < 1.29 is 14.3 Å². The summed E-state index contributed by atoms with van der Waals surface area (Å²) in [5.74, 6) is 0.837. The highest BCUT2D eigenvalue weighted by molar-refractivity contribution is 5.89. The van der Waals surface area contributed by atoms with Gasteiger partial charge in [-0.3, -0.25) is 9.59 Å². The lowest BCUT2D eigenvalue weighted by Gasteiger charge is -2.59. The van der Waals surface area contributed by atoms with Crippen LogP contribution in [0.15, 0.2) is 0 Å². The van der Waals surface area contributed by atoms with E-state index in [-0.39, 0.29) is 35.7 Å². The van der Waals surface area contributed by atoms with E-state index in [1.807, 2.05) is 30.6 Å². The number of halogens is 1. The topological polar surface area (TPSA) is 75.9 Å². The first-order valence-corrected chi connectivity index (χ1v) is 10.8. The number of carbonyl (C=O) groups excluding carboxylic acids is 2. The molecule has 3 aliphatic rings. The Morgan fingerprint density at radius 2 is 1.61 bits per heavy atom. The van der Waals surface area contributed by atoms with Crippen LogP contribution >= 0.6 is 12.4 Å². The number of hydrogen-bond acceptors (Lipinski definition) is 4. The van der Waals surface area contributed by atoms with E-state index in [0.29, 0.717) is 51.5 Å². The number of nitrogens with two attached hydrogens (primary N) is 1. The van der Waals surface area contributed by atoms with Crippen molar-refractivity contribution in [1.82, 2.24) is 9.80 Å².